The molecule has 1 atom stereocenters. The summed E-state index contributed by atoms with van der Waals surface area (Å²) in [6.45, 7) is 1.45. The van der Waals surface area contributed by atoms with E-state index < -0.39 is 0 Å². The monoisotopic (exact) mass is 288 g/mol. The van der Waals surface area contributed by atoms with E-state index in [1.165, 1.54) is 24.0 Å². The number of ether oxygens (including phenoxy) is 1. The van der Waals surface area contributed by atoms with E-state index in [4.69, 9.17) is 4.74 Å². The highest BCUT2D eigenvalue weighted by molar-refractivity contribution is 5.90. The summed E-state index contributed by atoms with van der Waals surface area (Å²) in [6, 6.07) is 6.51. The molecule has 1 fully saturated rings. The van der Waals surface area contributed by atoms with E-state index in [2.05, 4.69) is 17.4 Å². The van der Waals surface area contributed by atoms with Crippen LogP contribution in [0.25, 0.3) is 0 Å². The summed E-state index contributed by atoms with van der Waals surface area (Å²) < 4.78 is 5.23. The lowest BCUT2D eigenvalue weighted by atomic mass is 9.90. The number of likely N-dealkylation sites (tertiary alicyclic amines) is 1. The zero-order valence-electron chi connectivity index (χ0n) is 12.7. The molecule has 3 rings (SSSR count). The Balaban J connectivity index is 1.73. The lowest BCUT2D eigenvalue weighted by Gasteiger charge is -2.26. The van der Waals surface area contributed by atoms with Gasteiger partial charge in [0.05, 0.1) is 12.6 Å². The quantitative estimate of drug-likeness (QED) is 0.928. The minimum Gasteiger partial charge on any atom is -0.383 e. The first kappa shape index (κ1) is 14.4. The molecule has 1 saturated heterocycles. The van der Waals surface area contributed by atoms with Crippen LogP contribution < -0.4 is 5.32 Å². The molecule has 1 N–H and O–H groups in total. The van der Waals surface area contributed by atoms with E-state index in [1.54, 1.807) is 7.11 Å². The number of hydrogen-bond donors (Lipinski definition) is 1. The molecular formula is C17H24N2O2. The van der Waals surface area contributed by atoms with Gasteiger partial charge in [0.25, 0.3) is 0 Å². The smallest absolute Gasteiger partial charge is 0.322 e. The van der Waals surface area contributed by atoms with Gasteiger partial charge >= 0.3 is 6.03 Å². The molecule has 0 saturated carbocycles. The maximum atomic E-state index is 12.5. The number of carbonyl (C=O) groups excluding carboxylic acids is 1. The normalized spacial score (nSPS) is 21.2. The van der Waals surface area contributed by atoms with Crippen molar-refractivity contribution < 1.29 is 9.53 Å². The van der Waals surface area contributed by atoms with Crippen molar-refractivity contribution in [3.63, 3.8) is 0 Å². The van der Waals surface area contributed by atoms with Gasteiger partial charge in [0, 0.05) is 19.3 Å². The van der Waals surface area contributed by atoms with E-state index in [0.717, 1.165) is 37.9 Å². The Labute approximate surface area is 126 Å². The van der Waals surface area contributed by atoms with Crippen LogP contribution in [-0.2, 0) is 17.6 Å². The molecule has 0 aromatic heterocycles. The first-order chi connectivity index (χ1) is 10.3. The summed E-state index contributed by atoms with van der Waals surface area (Å²) in [5.41, 5.74) is 3.73. The zero-order chi connectivity index (χ0) is 14.7. The molecule has 2 amide bonds. The molecule has 1 aliphatic carbocycles. The standard InChI is InChI=1S/C17H24N2O2/c1-21-12-14-8-5-11-19(14)17(20)18-16-10-4-7-13-6-2-3-9-15(13)16/h4,7,10,14H,2-3,5-6,8-9,11-12H2,1H3,(H,18,20). The largest absolute Gasteiger partial charge is 0.383 e. The van der Waals surface area contributed by atoms with Crippen LogP contribution in [0.2, 0.25) is 0 Å². The van der Waals surface area contributed by atoms with Crippen LogP contribution in [0.5, 0.6) is 0 Å². The van der Waals surface area contributed by atoms with Crippen LogP contribution in [-0.4, -0.2) is 37.2 Å². The first-order valence-electron chi connectivity index (χ1n) is 7.97. The van der Waals surface area contributed by atoms with Crippen molar-refractivity contribution >= 4 is 11.7 Å². The zero-order valence-corrected chi connectivity index (χ0v) is 12.7. The molecule has 21 heavy (non-hydrogen) atoms. The van der Waals surface area contributed by atoms with Crippen molar-refractivity contribution in [3.8, 4) is 0 Å². The molecule has 1 aromatic carbocycles. The van der Waals surface area contributed by atoms with Gasteiger partial charge in [0.2, 0.25) is 0 Å². The van der Waals surface area contributed by atoms with Gasteiger partial charge in [0.1, 0.15) is 0 Å². The highest BCUT2D eigenvalue weighted by atomic mass is 16.5. The molecule has 4 nitrogen and oxygen atoms in total. The molecular weight excluding hydrogens is 264 g/mol. The number of nitrogens with zero attached hydrogens (tertiary/aromatic N) is 1. The van der Waals surface area contributed by atoms with E-state index in [9.17, 15) is 4.79 Å². The Kier molecular flexibility index (Phi) is 4.44. The fourth-order valence-electron chi connectivity index (χ4n) is 3.55. The second kappa shape index (κ2) is 6.48. The average Bonchev–Trinajstić information content (AvgIpc) is 2.96. The van der Waals surface area contributed by atoms with Gasteiger partial charge < -0.3 is 15.0 Å². The number of amides is 2. The summed E-state index contributed by atoms with van der Waals surface area (Å²) in [6.07, 6.45) is 6.78. The second-order valence-corrected chi connectivity index (χ2v) is 6.03. The number of hydrogen-bond acceptors (Lipinski definition) is 2. The molecule has 4 heteroatoms. The van der Waals surface area contributed by atoms with Crippen molar-refractivity contribution in [1.82, 2.24) is 4.90 Å². The molecule has 1 unspecified atom stereocenters. The maximum Gasteiger partial charge on any atom is 0.322 e. The number of benzene rings is 1. The van der Waals surface area contributed by atoms with Crippen LogP contribution >= 0.6 is 0 Å². The van der Waals surface area contributed by atoms with Gasteiger partial charge in [0.15, 0.2) is 0 Å². The summed E-state index contributed by atoms with van der Waals surface area (Å²) in [7, 11) is 1.70. The number of nitrogens with one attached hydrogen (secondary N) is 1. The number of fused-ring (bicyclic) bond motifs is 1. The Morgan fingerprint density at radius 3 is 3.05 bits per heavy atom. The van der Waals surface area contributed by atoms with Crippen LogP contribution in [0.3, 0.4) is 0 Å². The summed E-state index contributed by atoms with van der Waals surface area (Å²) in [5.74, 6) is 0. The number of carbonyl (C=O) groups is 1. The van der Waals surface area contributed by atoms with Crippen LogP contribution in [0.4, 0.5) is 10.5 Å². The van der Waals surface area contributed by atoms with Crippen LogP contribution in [0.15, 0.2) is 18.2 Å². The number of rotatable bonds is 3. The van der Waals surface area contributed by atoms with Gasteiger partial charge in [-0.05, 0) is 55.7 Å². The molecule has 0 bridgehead atoms. The van der Waals surface area contributed by atoms with Gasteiger partial charge in [-0.2, -0.15) is 0 Å². The molecule has 2 aliphatic rings. The van der Waals surface area contributed by atoms with Crippen molar-refractivity contribution in [2.45, 2.75) is 44.6 Å². The predicted molar refractivity (Wildman–Crippen MR) is 83.7 cm³/mol. The van der Waals surface area contributed by atoms with Crippen molar-refractivity contribution in [3.05, 3.63) is 29.3 Å². The fraction of sp³-hybridized carbons (Fsp3) is 0.588. The van der Waals surface area contributed by atoms with E-state index >= 15 is 0 Å². The lowest BCUT2D eigenvalue weighted by Crippen LogP contribution is -2.41. The predicted octanol–water partition coefficient (Wildman–Crippen LogP) is 3.21. The summed E-state index contributed by atoms with van der Waals surface area (Å²) in [4.78, 5) is 14.5. The van der Waals surface area contributed by atoms with Gasteiger partial charge in [-0.1, -0.05) is 12.1 Å². The third-order valence-electron chi connectivity index (χ3n) is 4.63. The fourth-order valence-corrected chi connectivity index (χ4v) is 3.55. The number of anilines is 1. The lowest BCUT2D eigenvalue weighted by molar-refractivity contribution is 0.128. The Hall–Kier alpha value is -1.55. The first-order valence-corrected chi connectivity index (χ1v) is 7.97. The summed E-state index contributed by atoms with van der Waals surface area (Å²) in [5, 5.41) is 3.13. The molecule has 0 spiro atoms. The molecule has 1 heterocycles. The van der Waals surface area contributed by atoms with Crippen LogP contribution in [0, 0.1) is 0 Å². The topological polar surface area (TPSA) is 41.6 Å². The van der Waals surface area contributed by atoms with Crippen molar-refractivity contribution in [1.29, 1.82) is 0 Å². The minimum atomic E-state index is 0.0218. The molecule has 114 valence electrons. The van der Waals surface area contributed by atoms with Gasteiger partial charge in [-0.15, -0.1) is 0 Å². The highest BCUT2D eigenvalue weighted by Crippen LogP contribution is 2.28. The average molecular weight is 288 g/mol. The molecule has 0 radical (unpaired) electrons. The third kappa shape index (κ3) is 3.05. The van der Waals surface area contributed by atoms with Crippen LogP contribution in [0.1, 0.15) is 36.8 Å². The number of methoxy groups -OCH3 is 1. The maximum absolute atomic E-state index is 12.5. The molecule has 1 aromatic rings. The second-order valence-electron chi connectivity index (χ2n) is 6.03. The van der Waals surface area contributed by atoms with E-state index in [0.29, 0.717) is 6.61 Å². The van der Waals surface area contributed by atoms with E-state index in [-0.39, 0.29) is 12.1 Å². The van der Waals surface area contributed by atoms with Crippen molar-refractivity contribution in [2.24, 2.45) is 0 Å². The Morgan fingerprint density at radius 1 is 1.33 bits per heavy atom. The number of urea groups is 1. The summed E-state index contributed by atoms with van der Waals surface area (Å²) >= 11 is 0. The van der Waals surface area contributed by atoms with E-state index in [1.807, 2.05) is 11.0 Å². The SMILES string of the molecule is COCC1CCCN1C(=O)Nc1cccc2c1CCCC2. The molecule has 1 aliphatic heterocycles. The Morgan fingerprint density at radius 2 is 2.19 bits per heavy atom. The highest BCUT2D eigenvalue weighted by Gasteiger charge is 2.29. The van der Waals surface area contributed by atoms with Gasteiger partial charge in [-0.25, -0.2) is 4.79 Å². The third-order valence-corrected chi connectivity index (χ3v) is 4.63. The van der Waals surface area contributed by atoms with Gasteiger partial charge in [-0.3, -0.25) is 0 Å². The van der Waals surface area contributed by atoms with Crippen molar-refractivity contribution in [2.75, 3.05) is 25.6 Å². The Bertz CT molecular complexity index is 516. The minimum absolute atomic E-state index is 0.0218. The number of aryl methyl sites for hydroxylation is 1.